The average Bonchev–Trinajstić information content (AvgIpc) is 0.811. The van der Waals surface area contributed by atoms with Crippen LogP contribution in [0.2, 0.25) is 0 Å². The van der Waals surface area contributed by atoms with Gasteiger partial charge in [-0.05, 0) is 6.16 Å². The van der Waals surface area contributed by atoms with Gasteiger partial charge in [0.05, 0.1) is 0 Å². The van der Waals surface area contributed by atoms with Crippen molar-refractivity contribution in [3.05, 3.63) is 0 Å². The first kappa shape index (κ1) is 15.7. The third kappa shape index (κ3) is 36.3. The smallest absolute Gasteiger partial charge is 0.652 e. The van der Waals surface area contributed by atoms with Crippen molar-refractivity contribution in [2.75, 3.05) is 0 Å². The van der Waals surface area contributed by atoms with Gasteiger partial charge in [-0.3, -0.25) is 0 Å². The van der Waals surface area contributed by atoms with Crippen LogP contribution in [-0.2, 0) is 0 Å². The predicted octanol–water partition coefficient (Wildman–Crippen LogP) is -8.44. The zero-order chi connectivity index (χ0) is 3.58. The molecule has 0 saturated heterocycles. The monoisotopic (exact) mass is 168 g/mol. The van der Waals surface area contributed by atoms with Crippen LogP contribution in [0, 0.1) is 0 Å². The Bertz CT molecular complexity index is 33.8. The van der Waals surface area contributed by atoms with Crippen molar-refractivity contribution in [3.8, 4) is 0 Å². The van der Waals surface area contributed by atoms with Crippen LogP contribution in [0.4, 0.5) is 4.79 Å². The summed E-state index contributed by atoms with van der Waals surface area (Å²) in [5.74, 6) is 0. The fourth-order valence-electron chi connectivity index (χ4n) is 0. The second kappa shape index (κ2) is 10.1. The Labute approximate surface area is 106 Å². The maximum Gasteiger partial charge on any atom is 1.00 e. The van der Waals surface area contributed by atoms with Crippen LogP contribution in [0.15, 0.2) is 0 Å². The number of carbonyl (C=O) groups excluding carboxylic acids is 1. The summed E-state index contributed by atoms with van der Waals surface area (Å²) >= 11 is 0. The number of rotatable bonds is 0. The van der Waals surface area contributed by atoms with Gasteiger partial charge in [-0.1, -0.05) is 0 Å². The Kier molecular flexibility index (Phi) is 26.5. The summed E-state index contributed by atoms with van der Waals surface area (Å²) in [5.41, 5.74) is 0. The third-order valence-electron chi connectivity index (χ3n) is 0. The Morgan fingerprint density at radius 1 is 1.33 bits per heavy atom. The molecule has 0 rings (SSSR count). The van der Waals surface area contributed by atoms with Gasteiger partial charge in [0.25, 0.3) is 0 Å². The summed E-state index contributed by atoms with van der Waals surface area (Å²) in [6, 6.07) is 0. The summed E-state index contributed by atoms with van der Waals surface area (Å²) in [7, 11) is 0. The van der Waals surface area contributed by atoms with Gasteiger partial charge in [-0.25, -0.2) is 0 Å². The molecule has 0 heterocycles. The molecular weight excluding hydrogens is 168 g/mol. The van der Waals surface area contributed by atoms with Crippen LogP contribution in [0.5, 0.6) is 0 Å². The van der Waals surface area contributed by atoms with E-state index in [9.17, 15) is 0 Å². The number of carboxylic acid groups (broad SMARTS) is 2. The van der Waals surface area contributed by atoms with Crippen LogP contribution in [0.25, 0.3) is 0 Å². The van der Waals surface area contributed by atoms with E-state index in [1.165, 1.54) is 0 Å². The second-order valence-electron chi connectivity index (χ2n) is 0.250. The van der Waals surface area contributed by atoms with Crippen LogP contribution < -0.4 is 98.0 Å². The summed E-state index contributed by atoms with van der Waals surface area (Å²) in [6.45, 7) is 0. The minimum atomic E-state index is -2.33. The molecule has 0 unspecified atom stereocenters. The molecule has 0 radical (unpaired) electrons. The van der Waals surface area contributed by atoms with E-state index >= 15 is 0 Å². The van der Waals surface area contributed by atoms with Crippen molar-refractivity contribution in [2.45, 2.75) is 0 Å². The summed E-state index contributed by atoms with van der Waals surface area (Å²) < 4.78 is 0. The first-order chi connectivity index (χ1) is 1.73. The van der Waals surface area contributed by atoms with E-state index in [2.05, 4.69) is 0 Å². The maximum atomic E-state index is 8.33. The summed E-state index contributed by atoms with van der Waals surface area (Å²) in [6.07, 6.45) is -2.33. The van der Waals surface area contributed by atoms with Gasteiger partial charge >= 0.3 is 87.7 Å². The Morgan fingerprint density at radius 2 is 1.33 bits per heavy atom. The molecule has 0 fully saturated rings. The molecule has 3 nitrogen and oxygen atoms in total. The molecular formula is CNaO3Rb. The molecule has 0 aromatic carbocycles. The van der Waals surface area contributed by atoms with Gasteiger partial charge in [0.1, 0.15) is 0 Å². The zero-order valence-corrected chi connectivity index (χ0v) is 10.6. The summed E-state index contributed by atoms with van der Waals surface area (Å²) in [4.78, 5) is 8.33. The topological polar surface area (TPSA) is 63.2 Å². The van der Waals surface area contributed by atoms with E-state index in [0.717, 1.165) is 0 Å². The fraction of sp³-hybridized carbons (Fsp3) is 0. The molecule has 0 aliphatic rings. The van der Waals surface area contributed by atoms with Crippen LogP contribution in [0.3, 0.4) is 0 Å². The molecule has 0 aromatic rings. The van der Waals surface area contributed by atoms with Crippen molar-refractivity contribution < 1.29 is 103 Å². The van der Waals surface area contributed by atoms with Gasteiger partial charge in [0.2, 0.25) is 0 Å². The van der Waals surface area contributed by atoms with Crippen molar-refractivity contribution in [2.24, 2.45) is 0 Å². The normalized spacial score (nSPS) is 4.00. The fourth-order valence-corrected chi connectivity index (χ4v) is 0. The molecule has 0 atom stereocenters. The van der Waals surface area contributed by atoms with E-state index in [1.807, 2.05) is 0 Å². The Hall–Kier alpha value is 2.08. The number of carbonyl (C=O) groups is 1. The van der Waals surface area contributed by atoms with Crippen LogP contribution in [-0.4, -0.2) is 6.16 Å². The Morgan fingerprint density at radius 3 is 1.33 bits per heavy atom. The standard InChI is InChI=1S/CH2O3.Na.Rb/c2-1(3)4;;/h(H2,2,3,4);;/q;2*+1/p-2. The van der Waals surface area contributed by atoms with E-state index in [-0.39, 0.29) is 87.7 Å². The quantitative estimate of drug-likeness (QED) is 0.338. The SMILES string of the molecule is O=C([O-])[O-].[Na+].[Rb+]. The van der Waals surface area contributed by atoms with Crippen molar-refractivity contribution in [3.63, 3.8) is 0 Å². The molecule has 24 valence electrons. The van der Waals surface area contributed by atoms with Crippen molar-refractivity contribution in [1.29, 1.82) is 0 Å². The first-order valence-electron chi connectivity index (χ1n) is 0.612. The number of hydrogen-bond donors (Lipinski definition) is 0. The molecule has 0 N–H and O–H groups in total. The maximum absolute atomic E-state index is 8.33. The zero-order valence-electron chi connectivity index (χ0n) is 3.72. The van der Waals surface area contributed by atoms with Crippen LogP contribution >= 0.6 is 0 Å². The van der Waals surface area contributed by atoms with E-state index < -0.39 is 6.16 Å². The van der Waals surface area contributed by atoms with Gasteiger partial charge in [-0.15, -0.1) is 0 Å². The predicted molar refractivity (Wildman–Crippen MR) is 5.40 cm³/mol. The van der Waals surface area contributed by atoms with Gasteiger partial charge < -0.3 is 15.0 Å². The molecule has 0 aliphatic heterocycles. The van der Waals surface area contributed by atoms with Crippen molar-refractivity contribution >= 4 is 6.16 Å². The first-order valence-corrected chi connectivity index (χ1v) is 0.612. The number of hydrogen-bond acceptors (Lipinski definition) is 3. The molecule has 6 heavy (non-hydrogen) atoms. The summed E-state index contributed by atoms with van der Waals surface area (Å²) in [5, 5.41) is 16.7. The van der Waals surface area contributed by atoms with Crippen LogP contribution in [0.1, 0.15) is 0 Å². The molecule has 0 spiro atoms. The average molecular weight is 168 g/mol. The molecule has 0 aromatic heterocycles. The van der Waals surface area contributed by atoms with E-state index in [0.29, 0.717) is 0 Å². The van der Waals surface area contributed by atoms with E-state index in [4.69, 9.17) is 15.0 Å². The molecule has 5 heteroatoms. The molecule has 0 saturated carbocycles. The molecule has 0 aliphatic carbocycles. The minimum absolute atomic E-state index is 0. The van der Waals surface area contributed by atoms with Gasteiger partial charge in [0, 0.05) is 0 Å². The third-order valence-corrected chi connectivity index (χ3v) is 0. The molecule has 0 amide bonds. The van der Waals surface area contributed by atoms with Gasteiger partial charge in [0.15, 0.2) is 0 Å². The second-order valence-corrected chi connectivity index (χ2v) is 0.250. The largest absolute Gasteiger partial charge is 1.00 e. The van der Waals surface area contributed by atoms with Crippen molar-refractivity contribution in [1.82, 2.24) is 0 Å². The van der Waals surface area contributed by atoms with Gasteiger partial charge in [-0.2, -0.15) is 0 Å². The molecule has 0 bridgehead atoms. The van der Waals surface area contributed by atoms with E-state index in [1.54, 1.807) is 0 Å². The minimum Gasteiger partial charge on any atom is -0.652 e. The Balaban J connectivity index is -0.0000000450.